The van der Waals surface area contributed by atoms with E-state index in [1.54, 1.807) is 30.3 Å². The van der Waals surface area contributed by atoms with E-state index in [-0.39, 0.29) is 11.6 Å². The molecule has 1 aliphatic rings. The molecule has 0 amide bonds. The first-order valence-electron chi connectivity index (χ1n) is 7.67. The van der Waals surface area contributed by atoms with Crippen molar-refractivity contribution in [3.05, 3.63) is 53.6 Å². The lowest BCUT2D eigenvalue weighted by atomic mass is 10.1. The average Bonchev–Trinajstić information content (AvgIpc) is 3.21. The summed E-state index contributed by atoms with van der Waals surface area (Å²) >= 11 is 0. The highest BCUT2D eigenvalue weighted by Crippen LogP contribution is 2.30. The zero-order chi connectivity index (χ0) is 16.9. The summed E-state index contributed by atoms with van der Waals surface area (Å²) in [6.45, 7) is 4.87. The minimum Gasteiger partial charge on any atom is -0.490 e. The molecule has 3 rings (SSSR count). The van der Waals surface area contributed by atoms with E-state index in [4.69, 9.17) is 18.6 Å². The maximum Gasteiger partial charge on any atom is 0.363 e. The molecular formula is C18H17NO5. The van der Waals surface area contributed by atoms with E-state index in [9.17, 15) is 4.79 Å². The van der Waals surface area contributed by atoms with Gasteiger partial charge < -0.3 is 18.6 Å². The van der Waals surface area contributed by atoms with Crippen molar-refractivity contribution in [2.24, 2.45) is 4.99 Å². The van der Waals surface area contributed by atoms with Gasteiger partial charge >= 0.3 is 5.97 Å². The van der Waals surface area contributed by atoms with Crippen LogP contribution in [0.3, 0.4) is 0 Å². The fourth-order valence-corrected chi connectivity index (χ4v) is 2.23. The van der Waals surface area contributed by atoms with E-state index in [1.165, 1.54) is 6.26 Å². The third-order valence-corrected chi connectivity index (χ3v) is 3.22. The lowest BCUT2D eigenvalue weighted by Gasteiger charge is -2.11. The first kappa shape index (κ1) is 15.9. The quantitative estimate of drug-likeness (QED) is 0.600. The van der Waals surface area contributed by atoms with Gasteiger partial charge in [-0.05, 0) is 49.8 Å². The van der Waals surface area contributed by atoms with Gasteiger partial charge in [-0.15, -0.1) is 0 Å². The summed E-state index contributed by atoms with van der Waals surface area (Å²) in [6, 6.07) is 8.81. The van der Waals surface area contributed by atoms with Gasteiger partial charge in [-0.25, -0.2) is 9.79 Å². The van der Waals surface area contributed by atoms with Crippen LogP contribution in [-0.2, 0) is 9.53 Å². The van der Waals surface area contributed by atoms with Gasteiger partial charge in [0.25, 0.3) is 5.90 Å². The third-order valence-electron chi connectivity index (χ3n) is 3.22. The predicted octanol–water partition coefficient (Wildman–Crippen LogP) is 3.42. The Morgan fingerprint density at radius 1 is 1.12 bits per heavy atom. The smallest absolute Gasteiger partial charge is 0.363 e. The number of ether oxygens (including phenoxy) is 3. The van der Waals surface area contributed by atoms with Crippen molar-refractivity contribution in [3.63, 3.8) is 0 Å². The molecule has 0 fully saturated rings. The van der Waals surface area contributed by atoms with Crippen molar-refractivity contribution in [1.29, 1.82) is 0 Å². The molecule has 0 unspecified atom stereocenters. The van der Waals surface area contributed by atoms with Gasteiger partial charge in [0.05, 0.1) is 19.5 Å². The van der Waals surface area contributed by atoms with Gasteiger partial charge in [-0.1, -0.05) is 6.07 Å². The number of rotatable bonds is 6. The molecule has 6 heteroatoms. The Labute approximate surface area is 139 Å². The summed E-state index contributed by atoms with van der Waals surface area (Å²) in [7, 11) is 0. The number of aliphatic imine (C=N–C) groups is 1. The van der Waals surface area contributed by atoms with Gasteiger partial charge in [0.1, 0.15) is 0 Å². The van der Waals surface area contributed by atoms with E-state index >= 15 is 0 Å². The molecule has 1 aliphatic heterocycles. The highest BCUT2D eigenvalue weighted by molar-refractivity contribution is 6.11. The normalized spacial score (nSPS) is 15.3. The summed E-state index contributed by atoms with van der Waals surface area (Å²) in [5, 5.41) is 0. The number of cyclic esters (lactones) is 1. The summed E-state index contributed by atoms with van der Waals surface area (Å²) < 4.78 is 21.4. The van der Waals surface area contributed by atoms with Crippen molar-refractivity contribution in [3.8, 4) is 11.5 Å². The molecule has 1 aromatic heterocycles. The minimum absolute atomic E-state index is 0.159. The summed E-state index contributed by atoms with van der Waals surface area (Å²) in [6.07, 6.45) is 3.13. The lowest BCUT2D eigenvalue weighted by Crippen LogP contribution is -2.04. The molecule has 0 atom stereocenters. The maximum absolute atomic E-state index is 12.0. The Bertz CT molecular complexity index is 790. The lowest BCUT2D eigenvalue weighted by molar-refractivity contribution is -0.130. The molecule has 0 spiro atoms. The molecule has 0 saturated carbocycles. The van der Waals surface area contributed by atoms with Crippen molar-refractivity contribution >= 4 is 17.9 Å². The number of esters is 1. The zero-order valence-corrected chi connectivity index (χ0v) is 13.4. The molecule has 124 valence electrons. The second kappa shape index (κ2) is 7.04. The van der Waals surface area contributed by atoms with Crippen LogP contribution in [0.2, 0.25) is 0 Å². The summed E-state index contributed by atoms with van der Waals surface area (Å²) in [4.78, 5) is 16.1. The van der Waals surface area contributed by atoms with Crippen molar-refractivity contribution in [1.82, 2.24) is 0 Å². The molecule has 0 radical (unpaired) electrons. The first-order valence-corrected chi connectivity index (χ1v) is 7.67. The number of nitrogens with zero attached hydrogens (tertiary/aromatic N) is 1. The fraction of sp³-hybridized carbons (Fsp3) is 0.222. The van der Waals surface area contributed by atoms with E-state index in [0.717, 1.165) is 5.56 Å². The fourth-order valence-electron chi connectivity index (χ4n) is 2.23. The number of furan rings is 1. The number of hydrogen-bond donors (Lipinski definition) is 0. The maximum atomic E-state index is 12.0. The monoisotopic (exact) mass is 327 g/mol. The Hall–Kier alpha value is -3.02. The molecule has 2 heterocycles. The molecule has 1 aromatic carbocycles. The van der Waals surface area contributed by atoms with E-state index in [1.807, 2.05) is 19.9 Å². The number of carbonyl (C=O) groups is 1. The Morgan fingerprint density at radius 3 is 2.62 bits per heavy atom. The van der Waals surface area contributed by atoms with Gasteiger partial charge in [-0.2, -0.15) is 0 Å². The topological polar surface area (TPSA) is 70.3 Å². The van der Waals surface area contributed by atoms with Crippen molar-refractivity contribution < 1.29 is 23.4 Å². The Morgan fingerprint density at radius 2 is 1.92 bits per heavy atom. The van der Waals surface area contributed by atoms with Crippen LogP contribution in [0.15, 0.2) is 51.7 Å². The molecule has 6 nitrogen and oxygen atoms in total. The van der Waals surface area contributed by atoms with Crippen molar-refractivity contribution in [2.45, 2.75) is 13.8 Å². The van der Waals surface area contributed by atoms with Crippen LogP contribution >= 0.6 is 0 Å². The number of benzene rings is 1. The van der Waals surface area contributed by atoms with Gasteiger partial charge in [-0.3, -0.25) is 0 Å². The van der Waals surface area contributed by atoms with Crippen LogP contribution in [0.5, 0.6) is 11.5 Å². The zero-order valence-electron chi connectivity index (χ0n) is 13.4. The SMILES string of the molecule is CCOc1ccc(C=C2N=C(c3ccco3)OC2=O)cc1OCC. The van der Waals surface area contributed by atoms with Gasteiger partial charge in [0.15, 0.2) is 23.0 Å². The molecule has 0 bridgehead atoms. The third kappa shape index (κ3) is 3.32. The van der Waals surface area contributed by atoms with Crippen LogP contribution in [0, 0.1) is 0 Å². The largest absolute Gasteiger partial charge is 0.490 e. The number of carbonyl (C=O) groups excluding carboxylic acids is 1. The van der Waals surface area contributed by atoms with E-state index in [2.05, 4.69) is 4.99 Å². The highest BCUT2D eigenvalue weighted by atomic mass is 16.6. The second-order valence-electron chi connectivity index (χ2n) is 4.89. The highest BCUT2D eigenvalue weighted by Gasteiger charge is 2.25. The predicted molar refractivity (Wildman–Crippen MR) is 88.1 cm³/mol. The average molecular weight is 327 g/mol. The Kier molecular flexibility index (Phi) is 4.65. The summed E-state index contributed by atoms with van der Waals surface area (Å²) in [5.74, 6) is 1.33. The van der Waals surface area contributed by atoms with Crippen LogP contribution in [0.1, 0.15) is 25.2 Å². The van der Waals surface area contributed by atoms with E-state index < -0.39 is 5.97 Å². The number of hydrogen-bond acceptors (Lipinski definition) is 6. The van der Waals surface area contributed by atoms with Crippen LogP contribution in [0.4, 0.5) is 0 Å². The first-order chi connectivity index (χ1) is 11.7. The summed E-state index contributed by atoms with van der Waals surface area (Å²) in [5.41, 5.74) is 0.964. The second-order valence-corrected chi connectivity index (χ2v) is 4.89. The minimum atomic E-state index is -0.520. The molecule has 2 aromatic rings. The van der Waals surface area contributed by atoms with E-state index in [0.29, 0.717) is 30.5 Å². The molecule has 0 aliphatic carbocycles. The molecule has 24 heavy (non-hydrogen) atoms. The molecule has 0 saturated heterocycles. The van der Waals surface area contributed by atoms with Crippen LogP contribution in [0.25, 0.3) is 6.08 Å². The Balaban J connectivity index is 1.90. The van der Waals surface area contributed by atoms with Crippen LogP contribution in [-0.4, -0.2) is 25.1 Å². The molecular weight excluding hydrogens is 310 g/mol. The molecule has 0 N–H and O–H groups in total. The van der Waals surface area contributed by atoms with Gasteiger partial charge in [0, 0.05) is 0 Å². The standard InChI is InChI=1S/C18H17NO5/c1-3-21-14-8-7-12(11-16(14)22-4-2)10-13-18(20)24-17(19-13)15-6-5-9-23-15/h5-11H,3-4H2,1-2H3. The van der Waals surface area contributed by atoms with Crippen LogP contribution < -0.4 is 9.47 Å². The van der Waals surface area contributed by atoms with Crippen molar-refractivity contribution in [2.75, 3.05) is 13.2 Å². The van der Waals surface area contributed by atoms with Gasteiger partial charge in [0.2, 0.25) is 0 Å².